The van der Waals surface area contributed by atoms with Crippen LogP contribution in [0.5, 0.6) is 0 Å². The first-order chi connectivity index (χ1) is 11.0. The predicted octanol–water partition coefficient (Wildman–Crippen LogP) is 0.468. The molecule has 2 amide bonds. The van der Waals surface area contributed by atoms with Crippen molar-refractivity contribution in [3.63, 3.8) is 0 Å². The van der Waals surface area contributed by atoms with Crippen LogP contribution in [-0.4, -0.2) is 40.2 Å². The molecule has 3 N–H and O–H groups in total. The highest BCUT2D eigenvalue weighted by Gasteiger charge is 2.38. The highest BCUT2D eigenvalue weighted by atomic mass is 16.2. The van der Waals surface area contributed by atoms with Crippen molar-refractivity contribution in [1.82, 2.24) is 15.1 Å². The molecule has 0 unspecified atom stereocenters. The number of aromatic nitrogens is 2. The SMILES string of the molecule is Cc1cc(N2CC[C@H](N[C@@H]3CCCC[C@H]3C(N)=O)C2=O)n(C)n1. The molecule has 1 saturated carbocycles. The van der Waals surface area contributed by atoms with Crippen LogP contribution in [0.25, 0.3) is 0 Å². The van der Waals surface area contributed by atoms with Crippen molar-refractivity contribution in [2.75, 3.05) is 11.4 Å². The number of nitrogens with two attached hydrogens (primary N) is 1. The summed E-state index contributed by atoms with van der Waals surface area (Å²) in [6.07, 6.45) is 4.57. The number of carbonyl (C=O) groups is 2. The van der Waals surface area contributed by atoms with Crippen molar-refractivity contribution < 1.29 is 9.59 Å². The molecule has 0 spiro atoms. The Labute approximate surface area is 136 Å². The Morgan fingerprint density at radius 1 is 1.35 bits per heavy atom. The first-order valence-corrected chi connectivity index (χ1v) is 8.34. The van der Waals surface area contributed by atoms with E-state index >= 15 is 0 Å². The van der Waals surface area contributed by atoms with Crippen molar-refractivity contribution >= 4 is 17.6 Å². The van der Waals surface area contributed by atoms with Gasteiger partial charge in [-0.25, -0.2) is 0 Å². The minimum atomic E-state index is -0.258. The van der Waals surface area contributed by atoms with Crippen LogP contribution < -0.4 is 16.0 Å². The lowest BCUT2D eigenvalue weighted by Crippen LogP contribution is -2.51. The monoisotopic (exact) mass is 319 g/mol. The van der Waals surface area contributed by atoms with Gasteiger partial charge in [-0.2, -0.15) is 5.10 Å². The second-order valence-corrected chi connectivity index (χ2v) is 6.67. The van der Waals surface area contributed by atoms with Gasteiger partial charge in [-0.3, -0.25) is 19.2 Å². The summed E-state index contributed by atoms with van der Waals surface area (Å²) in [7, 11) is 1.85. The summed E-state index contributed by atoms with van der Waals surface area (Å²) in [5.41, 5.74) is 6.42. The summed E-state index contributed by atoms with van der Waals surface area (Å²) in [5.74, 6) is 0.463. The molecule has 2 heterocycles. The number of hydrogen-bond acceptors (Lipinski definition) is 4. The number of rotatable bonds is 4. The van der Waals surface area contributed by atoms with Crippen LogP contribution in [0.15, 0.2) is 6.07 Å². The fourth-order valence-electron chi connectivity index (χ4n) is 3.84. The fourth-order valence-corrected chi connectivity index (χ4v) is 3.84. The number of hydrogen-bond donors (Lipinski definition) is 2. The van der Waals surface area contributed by atoms with Crippen LogP contribution in [0.2, 0.25) is 0 Å². The zero-order chi connectivity index (χ0) is 16.6. The molecule has 1 aliphatic carbocycles. The third kappa shape index (κ3) is 3.10. The number of amides is 2. The second-order valence-electron chi connectivity index (χ2n) is 6.67. The van der Waals surface area contributed by atoms with E-state index in [1.807, 2.05) is 20.0 Å². The number of nitrogens with zero attached hydrogens (tertiary/aromatic N) is 3. The Bertz CT molecular complexity index is 612. The lowest BCUT2D eigenvalue weighted by atomic mass is 9.83. The minimum Gasteiger partial charge on any atom is -0.369 e. The summed E-state index contributed by atoms with van der Waals surface area (Å²) < 4.78 is 1.74. The molecule has 1 aliphatic heterocycles. The third-order valence-electron chi connectivity index (χ3n) is 5.01. The number of anilines is 1. The van der Waals surface area contributed by atoms with Gasteiger partial charge in [0, 0.05) is 25.7 Å². The Kier molecular flexibility index (Phi) is 4.39. The minimum absolute atomic E-state index is 0.0171. The molecule has 126 valence electrons. The van der Waals surface area contributed by atoms with Gasteiger partial charge in [0.15, 0.2) is 0 Å². The second kappa shape index (κ2) is 6.31. The molecule has 7 heteroatoms. The normalized spacial score (nSPS) is 28.3. The van der Waals surface area contributed by atoms with E-state index in [0.717, 1.165) is 43.6 Å². The summed E-state index contributed by atoms with van der Waals surface area (Å²) in [4.78, 5) is 26.1. The lowest BCUT2D eigenvalue weighted by molar-refractivity contribution is -0.125. The summed E-state index contributed by atoms with van der Waals surface area (Å²) >= 11 is 0. The highest BCUT2D eigenvalue weighted by molar-refractivity contribution is 5.98. The highest BCUT2D eigenvalue weighted by Crippen LogP contribution is 2.27. The van der Waals surface area contributed by atoms with Gasteiger partial charge < -0.3 is 11.1 Å². The van der Waals surface area contributed by atoms with Crippen molar-refractivity contribution in [3.05, 3.63) is 11.8 Å². The Balaban J connectivity index is 1.69. The molecule has 0 aromatic carbocycles. The van der Waals surface area contributed by atoms with Gasteiger partial charge in [-0.1, -0.05) is 12.8 Å². The zero-order valence-corrected chi connectivity index (χ0v) is 13.8. The van der Waals surface area contributed by atoms with E-state index in [1.165, 1.54) is 0 Å². The first kappa shape index (κ1) is 16.0. The Hall–Kier alpha value is -1.89. The van der Waals surface area contributed by atoms with Crippen molar-refractivity contribution in [1.29, 1.82) is 0 Å². The Morgan fingerprint density at radius 2 is 2.09 bits per heavy atom. The van der Waals surface area contributed by atoms with E-state index < -0.39 is 0 Å². The lowest BCUT2D eigenvalue weighted by Gasteiger charge is -2.32. The molecule has 3 atom stereocenters. The van der Waals surface area contributed by atoms with Gasteiger partial charge in [-0.15, -0.1) is 0 Å². The van der Waals surface area contributed by atoms with Gasteiger partial charge in [0.2, 0.25) is 11.8 Å². The van der Waals surface area contributed by atoms with Crippen LogP contribution in [0.1, 0.15) is 37.8 Å². The average Bonchev–Trinajstić information content (AvgIpc) is 3.02. The molecule has 7 nitrogen and oxygen atoms in total. The summed E-state index contributed by atoms with van der Waals surface area (Å²) in [6.45, 7) is 2.59. The molecular formula is C16H25N5O2. The largest absolute Gasteiger partial charge is 0.369 e. The van der Waals surface area contributed by atoms with E-state index in [-0.39, 0.29) is 29.8 Å². The number of carbonyl (C=O) groups excluding carboxylic acids is 2. The van der Waals surface area contributed by atoms with Gasteiger partial charge in [-0.05, 0) is 26.2 Å². The molecule has 23 heavy (non-hydrogen) atoms. The Morgan fingerprint density at radius 3 is 2.74 bits per heavy atom. The number of nitrogens with one attached hydrogen (secondary N) is 1. The van der Waals surface area contributed by atoms with Gasteiger partial charge in [0.1, 0.15) is 5.82 Å². The maximum atomic E-state index is 12.7. The molecule has 0 bridgehead atoms. The quantitative estimate of drug-likeness (QED) is 0.843. The maximum Gasteiger partial charge on any atom is 0.245 e. The van der Waals surface area contributed by atoms with Gasteiger partial charge >= 0.3 is 0 Å². The van der Waals surface area contributed by atoms with Crippen LogP contribution >= 0.6 is 0 Å². The molecule has 1 saturated heterocycles. The van der Waals surface area contributed by atoms with Gasteiger partial charge in [0.25, 0.3) is 0 Å². The van der Waals surface area contributed by atoms with E-state index in [0.29, 0.717) is 6.54 Å². The van der Waals surface area contributed by atoms with Crippen molar-refractivity contribution in [2.24, 2.45) is 18.7 Å². The van der Waals surface area contributed by atoms with E-state index in [9.17, 15) is 9.59 Å². The average molecular weight is 319 g/mol. The van der Waals surface area contributed by atoms with E-state index in [1.54, 1.807) is 9.58 Å². The molecule has 2 aliphatic rings. The zero-order valence-electron chi connectivity index (χ0n) is 13.8. The van der Waals surface area contributed by atoms with E-state index in [4.69, 9.17) is 5.73 Å². The third-order valence-corrected chi connectivity index (χ3v) is 5.01. The van der Waals surface area contributed by atoms with E-state index in [2.05, 4.69) is 10.4 Å². The molecular weight excluding hydrogens is 294 g/mol. The molecule has 2 fully saturated rings. The maximum absolute atomic E-state index is 12.7. The van der Waals surface area contributed by atoms with Crippen LogP contribution in [0, 0.1) is 12.8 Å². The standard InChI is InChI=1S/C16H25N5O2/c1-10-9-14(20(2)19-10)21-8-7-13(16(21)23)18-12-6-4-3-5-11(12)15(17)22/h9,11-13,18H,3-8H2,1-2H3,(H2,17,22)/t11-,12-,13+/m1/s1. The molecule has 0 radical (unpaired) electrons. The summed E-state index contributed by atoms with van der Waals surface area (Å²) in [6, 6.07) is 1.70. The topological polar surface area (TPSA) is 93.3 Å². The fraction of sp³-hybridized carbons (Fsp3) is 0.688. The number of aryl methyl sites for hydroxylation is 2. The molecule has 3 rings (SSSR count). The smallest absolute Gasteiger partial charge is 0.245 e. The van der Waals surface area contributed by atoms with Gasteiger partial charge in [0.05, 0.1) is 17.7 Å². The van der Waals surface area contributed by atoms with Crippen LogP contribution in [-0.2, 0) is 16.6 Å². The number of primary amides is 1. The molecule has 1 aromatic rings. The van der Waals surface area contributed by atoms with Crippen LogP contribution in [0.3, 0.4) is 0 Å². The van der Waals surface area contributed by atoms with Crippen LogP contribution in [0.4, 0.5) is 5.82 Å². The van der Waals surface area contributed by atoms with Crippen molar-refractivity contribution in [2.45, 2.75) is 51.1 Å². The first-order valence-electron chi connectivity index (χ1n) is 8.34. The summed E-state index contributed by atoms with van der Waals surface area (Å²) in [5, 5.41) is 7.71. The van der Waals surface area contributed by atoms with Crippen molar-refractivity contribution in [3.8, 4) is 0 Å². The predicted molar refractivity (Wildman–Crippen MR) is 86.8 cm³/mol. The molecule has 1 aromatic heterocycles.